The summed E-state index contributed by atoms with van der Waals surface area (Å²) in [6.07, 6.45) is -1.94. The van der Waals surface area contributed by atoms with E-state index in [1.165, 1.54) is 19.9 Å². The lowest BCUT2D eigenvalue weighted by atomic mass is 10.1. The smallest absolute Gasteiger partial charge is 0.425 e. The molecule has 0 saturated heterocycles. The van der Waals surface area contributed by atoms with Crippen molar-refractivity contribution < 1.29 is 36.7 Å². The Bertz CT molecular complexity index is 1330. The van der Waals surface area contributed by atoms with Crippen LogP contribution in [-0.4, -0.2) is 47.8 Å². The van der Waals surface area contributed by atoms with Crippen LogP contribution in [0.2, 0.25) is 16.6 Å². The summed E-state index contributed by atoms with van der Waals surface area (Å²) in [6, 6.07) is 6.82. The molecule has 0 bridgehead atoms. The Morgan fingerprint density at radius 3 is 1.90 bits per heavy atom. The molecule has 13 heteroatoms. The molecule has 1 aromatic heterocycles. The minimum absolute atomic E-state index is 0.217. The summed E-state index contributed by atoms with van der Waals surface area (Å²) in [5, 5.41) is -1.70. The Kier molecular flexibility index (Phi) is 10.5. The molecule has 228 valence electrons. The molecule has 0 fully saturated rings. The average Bonchev–Trinajstić information content (AvgIpc) is 3.22. The van der Waals surface area contributed by atoms with Crippen molar-refractivity contribution in [2.45, 2.75) is 121 Å². The van der Waals surface area contributed by atoms with Crippen LogP contribution in [-0.2, 0) is 19.3 Å². The molecular weight excluding hydrogens is 589 g/mol. The van der Waals surface area contributed by atoms with Crippen molar-refractivity contribution in [1.29, 1.82) is 0 Å². The van der Waals surface area contributed by atoms with E-state index >= 15 is 0 Å². The third kappa shape index (κ3) is 6.47. The molecule has 9 nitrogen and oxygen atoms in total. The molecule has 0 atom stereocenters. The lowest BCUT2D eigenvalue weighted by Crippen LogP contribution is -2.55. The Labute approximate surface area is 244 Å². The summed E-state index contributed by atoms with van der Waals surface area (Å²) >= 11 is 0.926. The van der Waals surface area contributed by atoms with Gasteiger partial charge in [-0.05, 0) is 79.9 Å². The molecule has 0 aliphatic carbocycles. The van der Waals surface area contributed by atoms with Crippen molar-refractivity contribution in [1.82, 2.24) is 4.31 Å². The molecule has 0 radical (unpaired) electrons. The molecule has 0 aliphatic rings. The van der Waals surface area contributed by atoms with Crippen molar-refractivity contribution in [3.63, 3.8) is 0 Å². The monoisotopic (exact) mass is 635 g/mol. The van der Waals surface area contributed by atoms with Gasteiger partial charge in [-0.15, -0.1) is 11.3 Å². The predicted octanol–water partition coefficient (Wildman–Crippen LogP) is 8.08. The number of rotatable bonds is 11. The second-order valence-electron chi connectivity index (χ2n) is 12.2. The number of fused-ring (bicyclic) bond motifs is 1. The maximum atomic E-state index is 14.1. The van der Waals surface area contributed by atoms with Crippen molar-refractivity contribution in [2.75, 3.05) is 0 Å². The molecule has 0 unspecified atom stereocenters. The second-order valence-corrected chi connectivity index (χ2v) is 22.6. The summed E-state index contributed by atoms with van der Waals surface area (Å²) in [7, 11) is -12.2. The van der Waals surface area contributed by atoms with Crippen LogP contribution in [0.5, 0.6) is 5.75 Å². The van der Waals surface area contributed by atoms with Gasteiger partial charge in [0.1, 0.15) is 15.6 Å². The first-order valence-electron chi connectivity index (χ1n) is 13.7. The summed E-state index contributed by atoms with van der Waals surface area (Å²) in [5.41, 5.74) is -0.0740. The quantitative estimate of drug-likeness (QED) is 0.187. The predicted molar refractivity (Wildman–Crippen MR) is 164 cm³/mol. The minimum Gasteiger partial charge on any atom is -0.543 e. The van der Waals surface area contributed by atoms with Crippen LogP contribution in [0.1, 0.15) is 89.0 Å². The van der Waals surface area contributed by atoms with Gasteiger partial charge in [0.25, 0.3) is 18.3 Å². The Morgan fingerprint density at radius 1 is 1.00 bits per heavy atom. The third-order valence-corrected chi connectivity index (χ3v) is 19.0. The number of ether oxygens (including phenoxy) is 1. The number of sulfonamides is 1. The zero-order chi connectivity index (χ0) is 31.1. The number of carbonyl (C=O) groups excluding carboxylic acids is 1. The largest absolute Gasteiger partial charge is 0.543 e. The number of benzene rings is 1. The number of nitrogens with zero attached hydrogens (tertiary/aromatic N) is 1. The van der Waals surface area contributed by atoms with E-state index in [9.17, 15) is 27.6 Å². The lowest BCUT2D eigenvalue weighted by molar-refractivity contribution is 0.0269. The second kappa shape index (κ2) is 12.0. The van der Waals surface area contributed by atoms with E-state index in [4.69, 9.17) is 9.16 Å². The standard InChI is InChI=1S/C27H46NO8PS2Si/c1-12-27(13-2,37(30,31)32)28(25(29)35-26(9,10)11)39(33,34)24-16-21-14-15-22(17-23(21)38-24)36-40(18(3)4,19(5)6)20(7)8/h14-20H,12-13H2,1-11H3,(H2,30,31,32). The fourth-order valence-electron chi connectivity index (χ4n) is 5.69. The Morgan fingerprint density at radius 2 is 1.50 bits per heavy atom. The van der Waals surface area contributed by atoms with Gasteiger partial charge in [0.05, 0.1) is 0 Å². The van der Waals surface area contributed by atoms with Gasteiger partial charge in [0.2, 0.25) is 0 Å². The zero-order valence-corrected chi connectivity index (χ0v) is 29.0. The minimum atomic E-state index is -5.16. The van der Waals surface area contributed by atoms with Crippen LogP contribution in [0.25, 0.3) is 10.1 Å². The van der Waals surface area contributed by atoms with E-state index in [1.807, 2.05) is 12.1 Å². The van der Waals surface area contributed by atoms with Crippen molar-refractivity contribution in [3.8, 4) is 5.75 Å². The van der Waals surface area contributed by atoms with Gasteiger partial charge in [-0.1, -0.05) is 55.4 Å². The summed E-state index contributed by atoms with van der Waals surface area (Å²) < 4.78 is 53.8. The highest BCUT2D eigenvalue weighted by Gasteiger charge is 2.57. The summed E-state index contributed by atoms with van der Waals surface area (Å²) in [6.45, 7) is 20.6. The SMILES string of the molecule is CCC(CC)(N(C(=O)OC(C)(C)C)S(=O)(=O)c1cc2ccc(O[Si](C(C)C)(C(C)C)C(C)C)cc2s1)P(=O)(O)O. The molecule has 0 aliphatic heterocycles. The molecule has 1 heterocycles. The number of hydrogen-bond donors (Lipinski definition) is 2. The maximum absolute atomic E-state index is 14.1. The van der Waals surface area contributed by atoms with E-state index in [0.29, 0.717) is 32.5 Å². The van der Waals surface area contributed by atoms with Crippen LogP contribution in [0.4, 0.5) is 4.79 Å². The van der Waals surface area contributed by atoms with E-state index in [0.717, 1.165) is 11.3 Å². The highest BCUT2D eigenvalue weighted by molar-refractivity contribution is 7.92. The molecule has 2 rings (SSSR count). The first-order chi connectivity index (χ1) is 18.1. The van der Waals surface area contributed by atoms with Gasteiger partial charge in [-0.2, -0.15) is 12.7 Å². The van der Waals surface area contributed by atoms with Gasteiger partial charge in [-0.3, -0.25) is 4.57 Å². The van der Waals surface area contributed by atoms with Crippen LogP contribution >= 0.6 is 18.9 Å². The van der Waals surface area contributed by atoms with E-state index < -0.39 is 42.9 Å². The van der Waals surface area contributed by atoms with Crippen molar-refractivity contribution >= 4 is 53.5 Å². The third-order valence-electron chi connectivity index (χ3n) is 7.58. The number of amides is 1. The molecule has 2 aromatic rings. The molecule has 0 saturated carbocycles. The van der Waals surface area contributed by atoms with E-state index in [2.05, 4.69) is 41.5 Å². The fraction of sp³-hybridized carbons (Fsp3) is 0.667. The van der Waals surface area contributed by atoms with Crippen LogP contribution in [0.3, 0.4) is 0 Å². The topological polar surface area (TPSA) is 130 Å². The number of hydrogen-bond acceptors (Lipinski definition) is 7. The van der Waals surface area contributed by atoms with Gasteiger partial charge >= 0.3 is 13.7 Å². The zero-order valence-electron chi connectivity index (χ0n) is 25.5. The van der Waals surface area contributed by atoms with Crippen LogP contribution in [0.15, 0.2) is 28.5 Å². The maximum Gasteiger partial charge on any atom is 0.425 e. The van der Waals surface area contributed by atoms with Crippen LogP contribution < -0.4 is 4.43 Å². The van der Waals surface area contributed by atoms with E-state index in [-0.39, 0.29) is 21.4 Å². The molecule has 40 heavy (non-hydrogen) atoms. The van der Waals surface area contributed by atoms with Crippen LogP contribution in [0, 0.1) is 0 Å². The lowest BCUT2D eigenvalue weighted by Gasteiger charge is -2.42. The highest BCUT2D eigenvalue weighted by Crippen LogP contribution is 2.58. The number of carbonyl (C=O) groups is 1. The first kappa shape index (κ1) is 34.8. The van der Waals surface area contributed by atoms with Gasteiger partial charge in [-0.25, -0.2) is 4.79 Å². The normalized spacial score (nSPS) is 13.9. The Balaban J connectivity index is 2.74. The molecule has 0 spiro atoms. The molecule has 1 amide bonds. The van der Waals surface area contributed by atoms with E-state index in [1.54, 1.807) is 26.8 Å². The first-order valence-corrected chi connectivity index (χ1v) is 19.7. The molecule has 2 N–H and O–H groups in total. The Hall–Kier alpha value is -1.43. The van der Waals surface area contributed by atoms with Crippen molar-refractivity contribution in [2.24, 2.45) is 0 Å². The molecular formula is C27H46NO8PS2Si. The van der Waals surface area contributed by atoms with Crippen molar-refractivity contribution in [3.05, 3.63) is 24.3 Å². The van der Waals surface area contributed by atoms with Gasteiger partial charge in [0.15, 0.2) is 5.28 Å². The summed E-state index contributed by atoms with van der Waals surface area (Å²) in [4.78, 5) is 34.1. The van der Waals surface area contributed by atoms with Gasteiger partial charge in [0, 0.05) is 4.70 Å². The molecule has 1 aromatic carbocycles. The number of thiophene rings is 1. The van der Waals surface area contributed by atoms with Gasteiger partial charge < -0.3 is 18.9 Å². The average molecular weight is 636 g/mol. The highest BCUT2D eigenvalue weighted by atomic mass is 32.2. The summed E-state index contributed by atoms with van der Waals surface area (Å²) in [5.74, 6) is 0.650. The fourth-order valence-corrected chi connectivity index (χ4v) is 15.8.